The average molecular weight is 1400 g/mol. The molecule has 6 saturated heterocycles. The highest BCUT2D eigenvalue weighted by Crippen LogP contribution is 2.71. The van der Waals surface area contributed by atoms with Gasteiger partial charge >= 0.3 is 5.97 Å². The number of ether oxygens (including phenoxy) is 16. The predicted molar refractivity (Wildman–Crippen MR) is 336 cm³/mol. The molecule has 0 unspecified atom stereocenters. The number of rotatable bonds is 21. The molecule has 11 rings (SSSR count). The minimum Gasteiger partial charge on any atom is -0.458 e. The van der Waals surface area contributed by atoms with Crippen molar-refractivity contribution in [2.75, 3.05) is 34.5 Å². The minimum absolute atomic E-state index is 0.00635. The first kappa shape index (κ1) is 75.9. The standard InChI is InChI=1S/C69H104O29/c1-32-58(94-51-28-43(85-10)61(35(4)89-51)97-64-57(79)55(77)62(45(31-71)92-64)98-63-56(78)54(76)53(75)44(30-70)91-63)40(73)25-49(86-32)95-59-34(3)88-52(27-42(59)84-9)96-60-33(2)87-50(26-41(60)83-8)90-39-19-20-65(6)38(24-39)18-21-68(81)46(65)29-47(93-48(74)17-16-37-14-12-11-13-15-37)66(7)67(80,36(5)72)22-23-69(66,68)82/h11-18,32-35,39-47,49-64,70-71,73,75-82H,19-31H2,1-10H3/t32-,33-,34+,35+,39+,40+,41+,42+,43-,44-,45-,46-,47-,49+,50+,51+,52+,53-,54+,55-,56-,57-,58-,59-,60-,61+,62-,63+,64+,65+,66-,67-,68+,69-/m1/s1. The maximum atomic E-state index is 13.7. The van der Waals surface area contributed by atoms with Crippen molar-refractivity contribution in [1.29, 1.82) is 0 Å². The van der Waals surface area contributed by atoms with Crippen LogP contribution in [-0.2, 0) is 85.4 Å². The summed E-state index contributed by atoms with van der Waals surface area (Å²) in [6.45, 7) is 10.5. The van der Waals surface area contributed by atoms with E-state index in [2.05, 4.69) is 6.92 Å². The summed E-state index contributed by atoms with van der Waals surface area (Å²) >= 11 is 0. The van der Waals surface area contributed by atoms with Crippen molar-refractivity contribution < 1.29 is 142 Å². The number of esters is 1. The highest BCUT2D eigenvalue weighted by molar-refractivity contribution is 5.89. The van der Waals surface area contributed by atoms with Crippen LogP contribution in [-0.4, -0.2) is 291 Å². The van der Waals surface area contributed by atoms with E-state index in [1.54, 1.807) is 41.1 Å². The van der Waals surface area contributed by atoms with Crippen LogP contribution in [0.3, 0.4) is 0 Å². The molecular formula is C69H104O29. The second-order valence-electron chi connectivity index (χ2n) is 29.0. The van der Waals surface area contributed by atoms with Crippen molar-refractivity contribution in [1.82, 2.24) is 0 Å². The molecule has 9 fully saturated rings. The van der Waals surface area contributed by atoms with Crippen LogP contribution in [0.5, 0.6) is 0 Å². The molecule has 3 saturated carbocycles. The number of ketones is 1. The highest BCUT2D eigenvalue weighted by atomic mass is 16.8. The molecule has 554 valence electrons. The van der Waals surface area contributed by atoms with Crippen LogP contribution in [0.1, 0.15) is 125 Å². The van der Waals surface area contributed by atoms with Gasteiger partial charge in [0.2, 0.25) is 0 Å². The zero-order chi connectivity index (χ0) is 70.7. The van der Waals surface area contributed by atoms with Crippen LogP contribution in [0.2, 0.25) is 0 Å². The molecule has 29 heteroatoms. The van der Waals surface area contributed by atoms with Crippen molar-refractivity contribution >= 4 is 17.8 Å². The number of benzene rings is 1. The Morgan fingerprint density at radius 1 is 0.571 bits per heavy atom. The Kier molecular flexibility index (Phi) is 23.6. The van der Waals surface area contributed by atoms with Gasteiger partial charge in [-0.1, -0.05) is 48.9 Å². The summed E-state index contributed by atoms with van der Waals surface area (Å²) in [5.41, 5.74) is -6.48. The molecule has 0 bridgehead atoms. The van der Waals surface area contributed by atoms with Gasteiger partial charge in [0.05, 0.1) is 73.6 Å². The van der Waals surface area contributed by atoms with E-state index in [9.17, 15) is 65.8 Å². The van der Waals surface area contributed by atoms with Crippen LogP contribution in [0.4, 0.5) is 0 Å². The molecule has 0 aromatic heterocycles. The molecular weight excluding hydrogens is 1290 g/mol. The molecule has 1 aromatic rings. The summed E-state index contributed by atoms with van der Waals surface area (Å²) in [5, 5.41) is 123. The fourth-order valence-corrected chi connectivity index (χ4v) is 17.8. The molecule has 1 aromatic carbocycles. The molecule has 0 radical (unpaired) electrons. The summed E-state index contributed by atoms with van der Waals surface area (Å²) in [5.74, 6) is -1.89. The number of aliphatic hydroxyl groups excluding tert-OH is 8. The summed E-state index contributed by atoms with van der Waals surface area (Å²) in [6.07, 6.45) is -22.5. The first-order valence-electron chi connectivity index (χ1n) is 34.5. The van der Waals surface area contributed by atoms with E-state index < -0.39 is 224 Å². The van der Waals surface area contributed by atoms with Crippen molar-refractivity contribution in [2.24, 2.45) is 16.7 Å². The number of hydrogen-bond acceptors (Lipinski definition) is 29. The number of fused-ring (bicyclic) bond motifs is 5. The summed E-state index contributed by atoms with van der Waals surface area (Å²) in [7, 11) is 4.61. The van der Waals surface area contributed by atoms with Gasteiger partial charge in [0.1, 0.15) is 96.2 Å². The van der Waals surface area contributed by atoms with Crippen LogP contribution < -0.4 is 0 Å². The van der Waals surface area contributed by atoms with Gasteiger partial charge < -0.3 is 132 Å². The Morgan fingerprint density at radius 3 is 1.61 bits per heavy atom. The lowest BCUT2D eigenvalue weighted by molar-refractivity contribution is -0.376. The first-order chi connectivity index (χ1) is 46.5. The second-order valence-corrected chi connectivity index (χ2v) is 29.0. The zero-order valence-electron chi connectivity index (χ0n) is 57.3. The van der Waals surface area contributed by atoms with Gasteiger partial charge in [-0.05, 0) is 104 Å². The molecule has 6 heterocycles. The smallest absolute Gasteiger partial charge is 0.331 e. The normalized spacial score (nSPS) is 49.8. The van der Waals surface area contributed by atoms with Gasteiger partial charge in [0, 0.05) is 59.0 Å². The van der Waals surface area contributed by atoms with Gasteiger partial charge in [0.15, 0.2) is 43.5 Å². The number of carbonyl (C=O) groups is 2. The highest BCUT2D eigenvalue weighted by Gasteiger charge is 2.81. The van der Waals surface area contributed by atoms with Crippen LogP contribution in [0, 0.1) is 16.7 Å². The molecule has 0 amide bonds. The summed E-state index contributed by atoms with van der Waals surface area (Å²) < 4.78 is 99.3. The molecule has 29 nitrogen and oxygen atoms in total. The average Bonchev–Trinajstić information content (AvgIpc) is 1.32. The second kappa shape index (κ2) is 30.5. The maximum Gasteiger partial charge on any atom is 0.331 e. The lowest BCUT2D eigenvalue weighted by Gasteiger charge is -2.67. The SMILES string of the molecule is CO[C@H]1C[C@H](O[C@H]2[C@@H](OC)C[C@H](O[C@H]3CC[C@@]4(C)C(=CC[C@]5(O)[C@@H]4C[C@@H](OC(=O)C=Cc4ccccc4)[C@@]4(C)[C@]5(O)CC[C@@]4(O)C(C)=O)C3)O[C@@H]2C)O[C@@H](C)[C@H]1O[C@H]1C[C@H](O)[C@H](O[C@H]2C[C@@H](OC)[C@@H](O[C@@H]3O[C@H](CO)[C@@H](O[C@@H]4O[C@H](CO)[C@@H](O)[C@H](O)[C@H]4O)[C@H](O)[C@H]3O)[C@H](C)O2)[C@@H](C)O1. The van der Waals surface area contributed by atoms with Gasteiger partial charge in [-0.3, -0.25) is 4.79 Å². The van der Waals surface area contributed by atoms with Gasteiger partial charge in [0.25, 0.3) is 0 Å². The van der Waals surface area contributed by atoms with Crippen molar-refractivity contribution in [3.05, 3.63) is 53.6 Å². The first-order valence-corrected chi connectivity index (χ1v) is 34.5. The number of methoxy groups -OCH3 is 3. The van der Waals surface area contributed by atoms with E-state index in [0.29, 0.717) is 25.7 Å². The van der Waals surface area contributed by atoms with Crippen molar-refractivity contribution in [3.63, 3.8) is 0 Å². The summed E-state index contributed by atoms with van der Waals surface area (Å²) in [4.78, 5) is 27.1. The van der Waals surface area contributed by atoms with Crippen molar-refractivity contribution in [3.8, 4) is 0 Å². The van der Waals surface area contributed by atoms with Gasteiger partial charge in [-0.2, -0.15) is 0 Å². The Labute approximate surface area is 570 Å². The third kappa shape index (κ3) is 14.1. The summed E-state index contributed by atoms with van der Waals surface area (Å²) in [6, 6.07) is 9.23. The van der Waals surface area contributed by atoms with E-state index in [1.165, 1.54) is 20.1 Å². The Hall–Kier alpha value is -3.20. The Balaban J connectivity index is 0.652. The molecule has 6 aliphatic heterocycles. The lowest BCUT2D eigenvalue weighted by Crippen LogP contribution is -2.78. The quantitative estimate of drug-likeness (QED) is 0.0446. The largest absolute Gasteiger partial charge is 0.458 e. The Morgan fingerprint density at radius 2 is 1.07 bits per heavy atom. The fraction of sp³-hybridized carbons (Fsp3) is 0.826. The number of carbonyl (C=O) groups excluding carboxylic acids is 2. The van der Waals surface area contributed by atoms with Crippen LogP contribution in [0.25, 0.3) is 6.08 Å². The number of Topliss-reactive ketones (excluding diaryl/α,β-unsaturated/α-hetero) is 1. The maximum absolute atomic E-state index is 13.7. The van der Waals surface area contributed by atoms with Gasteiger partial charge in [-0.25, -0.2) is 4.79 Å². The molecule has 4 aliphatic carbocycles. The number of aliphatic hydroxyl groups is 11. The van der Waals surface area contributed by atoms with E-state index in [1.807, 2.05) is 50.3 Å². The van der Waals surface area contributed by atoms with Crippen LogP contribution >= 0.6 is 0 Å². The molecule has 0 spiro atoms. The van der Waals surface area contributed by atoms with E-state index >= 15 is 0 Å². The molecule has 34 atom stereocenters. The Bertz CT molecular complexity index is 2900. The lowest BCUT2D eigenvalue weighted by atomic mass is 9.42. The number of hydrogen-bond donors (Lipinski definition) is 11. The van der Waals surface area contributed by atoms with E-state index in [4.69, 9.17) is 75.8 Å². The third-order valence-corrected chi connectivity index (χ3v) is 23.5. The predicted octanol–water partition coefficient (Wildman–Crippen LogP) is 0.230. The monoisotopic (exact) mass is 1400 g/mol. The topological polar surface area (TPSA) is 404 Å². The van der Waals surface area contributed by atoms with Crippen molar-refractivity contribution in [2.45, 2.75) is 308 Å². The third-order valence-electron chi connectivity index (χ3n) is 23.5. The zero-order valence-corrected chi connectivity index (χ0v) is 57.3. The van der Waals surface area contributed by atoms with Crippen LogP contribution in [0.15, 0.2) is 48.1 Å². The van der Waals surface area contributed by atoms with E-state index in [-0.39, 0.29) is 51.0 Å². The molecule has 10 aliphatic rings. The fourth-order valence-electron chi connectivity index (χ4n) is 17.8. The van der Waals surface area contributed by atoms with Gasteiger partial charge in [-0.15, -0.1) is 0 Å². The molecule has 98 heavy (non-hydrogen) atoms. The van der Waals surface area contributed by atoms with E-state index in [0.717, 1.165) is 11.1 Å². The molecule has 11 N–H and O–H groups in total. The minimum atomic E-state index is -2.08.